The third-order valence-electron chi connectivity index (χ3n) is 5.43. The monoisotopic (exact) mass is 422 g/mol. The van der Waals surface area contributed by atoms with Crippen LogP contribution in [-0.2, 0) is 18.9 Å². The van der Waals surface area contributed by atoms with Crippen molar-refractivity contribution < 1.29 is 13.9 Å². The van der Waals surface area contributed by atoms with E-state index in [1.54, 1.807) is 18.2 Å². The van der Waals surface area contributed by atoms with E-state index in [9.17, 15) is 13.9 Å². The fraction of sp³-hybridized carbons (Fsp3) is 0.231. The summed E-state index contributed by atoms with van der Waals surface area (Å²) in [5.41, 5.74) is 12.9. The number of nitrogens with two attached hydrogens (primary N) is 1. The molecule has 3 nitrogen and oxygen atoms in total. The number of anilines is 1. The van der Waals surface area contributed by atoms with Gasteiger partial charge in [0, 0.05) is 36.0 Å². The number of hydrogen-bond donors (Lipinski definition) is 3. The van der Waals surface area contributed by atoms with Gasteiger partial charge in [-0.3, -0.25) is 0 Å². The van der Waals surface area contributed by atoms with Crippen LogP contribution in [0.3, 0.4) is 0 Å². The second kappa shape index (κ2) is 8.80. The van der Waals surface area contributed by atoms with E-state index in [2.05, 4.69) is 11.9 Å². The van der Waals surface area contributed by atoms with E-state index < -0.39 is 5.92 Å². The Morgan fingerprint density at radius 3 is 2.35 bits per heavy atom. The molecular weight excluding hydrogens is 394 g/mol. The van der Waals surface area contributed by atoms with Crippen LogP contribution in [0.4, 0.5) is 14.5 Å². The Bertz CT molecular complexity index is 1090. The molecule has 3 aromatic rings. The van der Waals surface area contributed by atoms with Crippen LogP contribution in [0.2, 0.25) is 0 Å². The quantitative estimate of drug-likeness (QED) is 0.406. The first kappa shape index (κ1) is 22.3. The zero-order chi connectivity index (χ0) is 22.8. The molecule has 0 amide bonds. The number of halogens is 2. The molecule has 0 aliphatic rings. The molecule has 0 unspecified atom stereocenters. The highest BCUT2D eigenvalue weighted by molar-refractivity contribution is 5.68. The van der Waals surface area contributed by atoms with Gasteiger partial charge in [-0.15, -0.1) is 0 Å². The second-order valence-corrected chi connectivity index (χ2v) is 8.08. The lowest BCUT2D eigenvalue weighted by molar-refractivity contribution is 0.0174. The van der Waals surface area contributed by atoms with Crippen LogP contribution < -0.4 is 11.1 Å². The van der Waals surface area contributed by atoms with Gasteiger partial charge in [0.15, 0.2) is 0 Å². The summed E-state index contributed by atoms with van der Waals surface area (Å²) < 4.78 is 27.2. The van der Waals surface area contributed by atoms with Gasteiger partial charge < -0.3 is 16.2 Å². The number of phenols is 1. The molecule has 3 aromatic carbocycles. The Balaban J connectivity index is 1.77. The van der Waals surface area contributed by atoms with E-state index in [1.165, 1.54) is 17.7 Å². The van der Waals surface area contributed by atoms with E-state index in [1.807, 2.05) is 38.1 Å². The second-order valence-electron chi connectivity index (χ2n) is 8.08. The van der Waals surface area contributed by atoms with Crippen LogP contribution in [-0.4, -0.2) is 5.11 Å². The zero-order valence-corrected chi connectivity index (χ0v) is 18.1. The van der Waals surface area contributed by atoms with Crippen molar-refractivity contribution in [1.29, 1.82) is 0 Å². The number of aromatic hydroxyl groups is 1. The van der Waals surface area contributed by atoms with Crippen molar-refractivity contribution in [3.63, 3.8) is 0 Å². The molecule has 0 spiro atoms. The summed E-state index contributed by atoms with van der Waals surface area (Å²) in [6, 6.07) is 15.6. The van der Waals surface area contributed by atoms with E-state index >= 15 is 0 Å². The molecule has 4 N–H and O–H groups in total. The lowest BCUT2D eigenvalue weighted by atomic mass is 9.94. The normalized spacial score (nSPS) is 11.4. The van der Waals surface area contributed by atoms with Gasteiger partial charge in [-0.05, 0) is 78.4 Å². The fourth-order valence-electron chi connectivity index (χ4n) is 3.70. The minimum absolute atomic E-state index is 0.0310. The number of nitrogen functional groups attached to an aromatic ring is 1. The van der Waals surface area contributed by atoms with Crippen LogP contribution in [0.1, 0.15) is 45.9 Å². The van der Waals surface area contributed by atoms with Crippen LogP contribution in [0, 0.1) is 13.8 Å². The lowest BCUT2D eigenvalue weighted by Gasteiger charge is -2.16. The molecule has 31 heavy (non-hydrogen) atoms. The Hall–Kier alpha value is -3.34. The third-order valence-corrected chi connectivity index (χ3v) is 5.43. The van der Waals surface area contributed by atoms with Crippen molar-refractivity contribution in [3.05, 3.63) is 100 Å². The molecule has 3 rings (SSSR count). The molecule has 0 saturated heterocycles. The Morgan fingerprint density at radius 2 is 1.71 bits per heavy atom. The predicted molar refractivity (Wildman–Crippen MR) is 123 cm³/mol. The Labute approximate surface area is 182 Å². The third kappa shape index (κ3) is 5.43. The molecule has 0 radical (unpaired) electrons. The first-order valence-corrected chi connectivity index (χ1v) is 10.1. The van der Waals surface area contributed by atoms with Gasteiger partial charge in [0.1, 0.15) is 5.75 Å². The maximum absolute atomic E-state index is 13.6. The van der Waals surface area contributed by atoms with Crippen molar-refractivity contribution in [2.45, 2.75) is 39.7 Å². The number of nitrogens with one attached hydrogen (secondary N) is 1. The number of hydrogen-bond acceptors (Lipinski definition) is 3. The predicted octanol–water partition coefficient (Wildman–Crippen LogP) is 6.05. The molecule has 0 aromatic heterocycles. The van der Waals surface area contributed by atoms with Crippen molar-refractivity contribution >= 4 is 11.4 Å². The van der Waals surface area contributed by atoms with Gasteiger partial charge in [0.05, 0.1) is 0 Å². The molecule has 0 atom stereocenters. The summed E-state index contributed by atoms with van der Waals surface area (Å²) >= 11 is 0. The highest BCUT2D eigenvalue weighted by atomic mass is 19.3. The molecule has 5 heteroatoms. The average Bonchev–Trinajstić information content (AvgIpc) is 2.69. The highest BCUT2D eigenvalue weighted by Crippen LogP contribution is 2.29. The zero-order valence-electron chi connectivity index (χ0n) is 18.1. The van der Waals surface area contributed by atoms with Crippen molar-refractivity contribution in [3.8, 4) is 5.75 Å². The van der Waals surface area contributed by atoms with Crippen LogP contribution in [0.25, 0.3) is 5.70 Å². The van der Waals surface area contributed by atoms with Crippen LogP contribution in [0.5, 0.6) is 5.75 Å². The topological polar surface area (TPSA) is 58.3 Å². The van der Waals surface area contributed by atoms with Gasteiger partial charge in [-0.2, -0.15) is 0 Å². The summed E-state index contributed by atoms with van der Waals surface area (Å²) in [7, 11) is 0. The Kier molecular flexibility index (Phi) is 6.34. The summed E-state index contributed by atoms with van der Waals surface area (Å²) in [5, 5.41) is 13.5. The molecule has 0 bridgehead atoms. The van der Waals surface area contributed by atoms with E-state index in [0.29, 0.717) is 29.8 Å². The van der Waals surface area contributed by atoms with Crippen molar-refractivity contribution in [1.82, 2.24) is 5.32 Å². The van der Waals surface area contributed by atoms with Crippen molar-refractivity contribution in [2.75, 3.05) is 5.73 Å². The maximum atomic E-state index is 13.6. The van der Waals surface area contributed by atoms with Gasteiger partial charge in [0.2, 0.25) is 0 Å². The average molecular weight is 423 g/mol. The molecule has 0 aliphatic carbocycles. The standard InChI is InChI=1S/C26H28F2N2O/c1-16-10-22(29)11-17(2)23(16)13-19-8-9-25(31)24(14-19)18(3)30-15-20-6-5-7-21(12-20)26(4,27)28/h5-12,14,30-31H,3,13,15,29H2,1-2,4H3. The summed E-state index contributed by atoms with van der Waals surface area (Å²) in [6.45, 7) is 9.31. The molecular formula is C26H28F2N2O. The lowest BCUT2D eigenvalue weighted by Crippen LogP contribution is -2.13. The van der Waals surface area contributed by atoms with E-state index in [0.717, 1.165) is 29.3 Å². The first-order valence-electron chi connectivity index (χ1n) is 10.1. The van der Waals surface area contributed by atoms with Crippen LogP contribution >= 0.6 is 0 Å². The minimum Gasteiger partial charge on any atom is -0.507 e. The SMILES string of the molecule is C=C(NCc1cccc(C(C)(F)F)c1)c1cc(Cc2c(C)cc(N)cc2C)ccc1O. The number of benzene rings is 3. The molecule has 0 fully saturated rings. The number of alkyl halides is 2. The van der Waals surface area contributed by atoms with E-state index in [4.69, 9.17) is 5.73 Å². The highest BCUT2D eigenvalue weighted by Gasteiger charge is 2.24. The molecule has 0 aliphatic heterocycles. The van der Waals surface area contributed by atoms with Gasteiger partial charge in [0.25, 0.3) is 5.92 Å². The molecule has 162 valence electrons. The fourth-order valence-corrected chi connectivity index (χ4v) is 3.70. The van der Waals surface area contributed by atoms with Gasteiger partial charge >= 0.3 is 0 Å². The number of rotatable bonds is 7. The summed E-state index contributed by atoms with van der Waals surface area (Å²) in [4.78, 5) is 0. The first-order chi connectivity index (χ1) is 14.5. The minimum atomic E-state index is -2.89. The van der Waals surface area contributed by atoms with E-state index in [-0.39, 0.29) is 11.3 Å². The largest absolute Gasteiger partial charge is 0.507 e. The van der Waals surface area contributed by atoms with Crippen molar-refractivity contribution in [2.24, 2.45) is 0 Å². The molecule has 0 saturated carbocycles. The summed E-state index contributed by atoms with van der Waals surface area (Å²) in [6.07, 6.45) is 0.701. The number of phenolic OH excluding ortho intramolecular Hbond substituents is 1. The van der Waals surface area contributed by atoms with Crippen LogP contribution in [0.15, 0.2) is 61.2 Å². The number of aryl methyl sites for hydroxylation is 2. The van der Waals surface area contributed by atoms with Gasteiger partial charge in [-0.1, -0.05) is 30.8 Å². The smallest absolute Gasteiger partial charge is 0.270 e. The summed E-state index contributed by atoms with van der Waals surface area (Å²) in [5.74, 6) is -2.78. The van der Waals surface area contributed by atoms with Gasteiger partial charge in [-0.25, -0.2) is 8.78 Å². The maximum Gasteiger partial charge on any atom is 0.270 e. The molecule has 0 heterocycles. The Morgan fingerprint density at radius 1 is 1.03 bits per heavy atom.